The number of ether oxygens (including phenoxy) is 1. The van der Waals surface area contributed by atoms with Gasteiger partial charge >= 0.3 is 5.97 Å². The molecule has 0 aliphatic carbocycles. The zero-order valence-electron chi connectivity index (χ0n) is 15.9. The first kappa shape index (κ1) is 19.8. The maximum absolute atomic E-state index is 12.7. The maximum Gasteiger partial charge on any atom is 0.307 e. The summed E-state index contributed by atoms with van der Waals surface area (Å²) in [4.78, 5) is 30.3. The van der Waals surface area contributed by atoms with Crippen molar-refractivity contribution in [2.24, 2.45) is 11.8 Å². The average Bonchev–Trinajstić information content (AvgIpc) is 2.72. The van der Waals surface area contributed by atoms with Crippen LogP contribution in [0.5, 0.6) is 5.75 Å². The number of carboxylic acid groups (broad SMARTS) is 1. The highest BCUT2D eigenvalue weighted by Gasteiger charge is 2.35. The summed E-state index contributed by atoms with van der Waals surface area (Å²) in [5.41, 5.74) is 1.99. The van der Waals surface area contributed by atoms with Gasteiger partial charge < -0.3 is 15.2 Å². The average molecular weight is 383 g/mol. The van der Waals surface area contributed by atoms with Crippen molar-refractivity contribution in [1.82, 2.24) is 15.2 Å². The number of piperidine rings is 1. The Morgan fingerprint density at radius 3 is 2.64 bits per heavy atom. The Bertz CT molecular complexity index is 812. The zero-order valence-corrected chi connectivity index (χ0v) is 15.9. The third-order valence-electron chi connectivity index (χ3n) is 5.00. The Balaban J connectivity index is 1.65. The molecule has 7 nitrogen and oxygen atoms in total. The van der Waals surface area contributed by atoms with Gasteiger partial charge in [0.2, 0.25) is 5.91 Å². The van der Waals surface area contributed by atoms with Crippen LogP contribution in [0.1, 0.15) is 17.5 Å². The highest BCUT2D eigenvalue weighted by atomic mass is 16.5. The minimum Gasteiger partial charge on any atom is -0.497 e. The largest absolute Gasteiger partial charge is 0.497 e. The smallest absolute Gasteiger partial charge is 0.307 e. The summed E-state index contributed by atoms with van der Waals surface area (Å²) in [7, 11) is 1.61. The number of pyridine rings is 1. The Kier molecular flexibility index (Phi) is 6.60. The first-order valence-electron chi connectivity index (χ1n) is 9.30. The number of amides is 1. The number of methoxy groups -OCH3 is 1. The van der Waals surface area contributed by atoms with E-state index in [1.807, 2.05) is 41.3 Å². The van der Waals surface area contributed by atoms with Crippen molar-refractivity contribution in [3.8, 4) is 5.75 Å². The Morgan fingerprint density at radius 1 is 1.18 bits per heavy atom. The number of hydrogen-bond acceptors (Lipinski definition) is 5. The quantitative estimate of drug-likeness (QED) is 0.759. The van der Waals surface area contributed by atoms with Crippen LogP contribution in [-0.4, -0.2) is 47.1 Å². The molecule has 2 aromatic rings. The second kappa shape index (κ2) is 9.32. The van der Waals surface area contributed by atoms with Gasteiger partial charge in [0, 0.05) is 38.6 Å². The minimum absolute atomic E-state index is 0.113. The molecule has 0 bridgehead atoms. The number of aliphatic carboxylic acids is 1. The first-order valence-corrected chi connectivity index (χ1v) is 9.30. The van der Waals surface area contributed by atoms with Crippen LogP contribution in [0.3, 0.4) is 0 Å². The number of likely N-dealkylation sites (tertiary alicyclic amines) is 1. The summed E-state index contributed by atoms with van der Waals surface area (Å²) in [6.45, 7) is 1.95. The molecule has 1 amide bonds. The van der Waals surface area contributed by atoms with Gasteiger partial charge in [0.05, 0.1) is 18.9 Å². The third-order valence-corrected chi connectivity index (χ3v) is 5.00. The molecule has 0 spiro atoms. The molecule has 1 aliphatic heterocycles. The van der Waals surface area contributed by atoms with Crippen LogP contribution >= 0.6 is 0 Å². The van der Waals surface area contributed by atoms with Gasteiger partial charge in [0.25, 0.3) is 0 Å². The number of aromatic nitrogens is 1. The standard InChI is InChI=1S/C21H25N3O4/c1-28-19-4-2-3-16(9-19)12-24-13-17(10-18(14-24)21(26)27)20(25)23-11-15-5-7-22-8-6-15/h2-9,17-18H,10-14H2,1H3,(H,23,25)(H,26,27)/t17-,18+/m1/s1. The fraction of sp³-hybridized carbons (Fsp3) is 0.381. The van der Waals surface area contributed by atoms with Crippen molar-refractivity contribution in [1.29, 1.82) is 0 Å². The molecule has 0 radical (unpaired) electrons. The van der Waals surface area contributed by atoms with E-state index in [1.165, 1.54) is 0 Å². The van der Waals surface area contributed by atoms with Crippen molar-refractivity contribution in [3.05, 3.63) is 59.9 Å². The van der Waals surface area contributed by atoms with Crippen LogP contribution in [0.2, 0.25) is 0 Å². The Morgan fingerprint density at radius 2 is 1.93 bits per heavy atom. The van der Waals surface area contributed by atoms with Gasteiger partial charge in [-0.25, -0.2) is 0 Å². The molecule has 1 fully saturated rings. The van der Waals surface area contributed by atoms with Gasteiger partial charge in [0.1, 0.15) is 5.75 Å². The van der Waals surface area contributed by atoms with E-state index in [0.29, 0.717) is 32.6 Å². The van der Waals surface area contributed by atoms with E-state index >= 15 is 0 Å². The van der Waals surface area contributed by atoms with Crippen LogP contribution in [0, 0.1) is 11.8 Å². The predicted molar refractivity (Wildman–Crippen MR) is 104 cm³/mol. The molecule has 2 atom stereocenters. The molecule has 148 valence electrons. The van der Waals surface area contributed by atoms with Crippen molar-refractivity contribution in [3.63, 3.8) is 0 Å². The fourth-order valence-electron chi connectivity index (χ4n) is 3.55. The number of carboxylic acids is 1. The van der Waals surface area contributed by atoms with Crippen molar-refractivity contribution < 1.29 is 19.4 Å². The monoisotopic (exact) mass is 383 g/mol. The Hall–Kier alpha value is -2.93. The number of nitrogens with one attached hydrogen (secondary N) is 1. The summed E-state index contributed by atoms with van der Waals surface area (Å²) in [5, 5.41) is 12.5. The maximum atomic E-state index is 12.7. The molecule has 7 heteroatoms. The number of carbonyl (C=O) groups excluding carboxylic acids is 1. The van der Waals surface area contributed by atoms with E-state index in [0.717, 1.165) is 16.9 Å². The van der Waals surface area contributed by atoms with Crippen LogP contribution < -0.4 is 10.1 Å². The van der Waals surface area contributed by atoms with Crippen LogP contribution in [0.25, 0.3) is 0 Å². The molecular formula is C21H25N3O4. The topological polar surface area (TPSA) is 91.8 Å². The summed E-state index contributed by atoms with van der Waals surface area (Å²) in [6.07, 6.45) is 3.71. The lowest BCUT2D eigenvalue weighted by Crippen LogP contribution is -2.47. The number of nitrogens with zero attached hydrogens (tertiary/aromatic N) is 2. The van der Waals surface area contributed by atoms with Crippen LogP contribution in [0.15, 0.2) is 48.8 Å². The molecule has 1 aromatic carbocycles. The molecule has 0 unspecified atom stereocenters. The van der Waals surface area contributed by atoms with Crippen LogP contribution in [-0.2, 0) is 22.7 Å². The number of carbonyl (C=O) groups is 2. The first-order chi connectivity index (χ1) is 13.5. The second-order valence-electron chi connectivity index (χ2n) is 7.09. The highest BCUT2D eigenvalue weighted by molar-refractivity contribution is 5.80. The SMILES string of the molecule is COc1cccc(CN2C[C@@H](C(=O)O)C[C@@H](C(=O)NCc3ccncc3)C2)c1. The normalized spacial score (nSPS) is 19.8. The Labute approximate surface area is 164 Å². The van der Waals surface area contributed by atoms with E-state index in [4.69, 9.17) is 4.74 Å². The van der Waals surface area contributed by atoms with E-state index in [2.05, 4.69) is 10.3 Å². The number of rotatable bonds is 7. The molecule has 0 saturated carbocycles. The summed E-state index contributed by atoms with van der Waals surface area (Å²) in [5.74, 6) is -1.13. The zero-order chi connectivity index (χ0) is 19.9. The summed E-state index contributed by atoms with van der Waals surface area (Å²) in [6, 6.07) is 11.4. The van der Waals surface area contributed by atoms with Gasteiger partial charge in [-0.2, -0.15) is 0 Å². The lowest BCUT2D eigenvalue weighted by molar-refractivity contribution is -0.145. The summed E-state index contributed by atoms with van der Waals surface area (Å²) >= 11 is 0. The third kappa shape index (κ3) is 5.29. The molecule has 1 saturated heterocycles. The number of hydrogen-bond donors (Lipinski definition) is 2. The van der Waals surface area contributed by atoms with E-state index < -0.39 is 11.9 Å². The van der Waals surface area contributed by atoms with E-state index in [1.54, 1.807) is 19.5 Å². The van der Waals surface area contributed by atoms with Gasteiger partial charge in [-0.15, -0.1) is 0 Å². The van der Waals surface area contributed by atoms with Gasteiger partial charge in [0.15, 0.2) is 0 Å². The molecule has 2 N–H and O–H groups in total. The highest BCUT2D eigenvalue weighted by Crippen LogP contribution is 2.25. The van der Waals surface area contributed by atoms with Crippen molar-refractivity contribution in [2.45, 2.75) is 19.5 Å². The van der Waals surface area contributed by atoms with E-state index in [9.17, 15) is 14.7 Å². The molecule has 1 aromatic heterocycles. The minimum atomic E-state index is -0.859. The lowest BCUT2D eigenvalue weighted by Gasteiger charge is -2.35. The van der Waals surface area contributed by atoms with Crippen molar-refractivity contribution in [2.75, 3.05) is 20.2 Å². The van der Waals surface area contributed by atoms with Crippen molar-refractivity contribution >= 4 is 11.9 Å². The molecular weight excluding hydrogens is 358 g/mol. The predicted octanol–water partition coefficient (Wildman–Crippen LogP) is 1.93. The van der Waals surface area contributed by atoms with Gasteiger partial charge in [-0.3, -0.25) is 19.5 Å². The molecule has 3 rings (SSSR count). The number of benzene rings is 1. The molecule has 28 heavy (non-hydrogen) atoms. The molecule has 1 aliphatic rings. The van der Waals surface area contributed by atoms with Gasteiger partial charge in [-0.1, -0.05) is 12.1 Å². The second-order valence-corrected chi connectivity index (χ2v) is 7.09. The summed E-state index contributed by atoms with van der Waals surface area (Å²) < 4.78 is 5.26. The van der Waals surface area contributed by atoms with Crippen LogP contribution in [0.4, 0.5) is 0 Å². The van der Waals surface area contributed by atoms with Gasteiger partial charge in [-0.05, 0) is 41.8 Å². The lowest BCUT2D eigenvalue weighted by atomic mass is 9.88. The fourth-order valence-corrected chi connectivity index (χ4v) is 3.55. The molecule has 2 heterocycles. The van der Waals surface area contributed by atoms with E-state index in [-0.39, 0.29) is 11.8 Å².